The summed E-state index contributed by atoms with van der Waals surface area (Å²) in [6.45, 7) is 0.0621. The lowest BCUT2D eigenvalue weighted by Gasteiger charge is -2.55. The highest BCUT2D eigenvalue weighted by molar-refractivity contribution is 14.1. The Morgan fingerprint density at radius 3 is 2.08 bits per heavy atom. The summed E-state index contributed by atoms with van der Waals surface area (Å²) < 4.78 is 1.13. The van der Waals surface area contributed by atoms with E-state index in [1.165, 1.54) is 19.3 Å². The minimum atomic E-state index is -0.183. The van der Waals surface area contributed by atoms with Crippen LogP contribution in [0.25, 0.3) is 0 Å². The average molecular weight is 438 g/mol. The van der Waals surface area contributed by atoms with Gasteiger partial charge in [-0.2, -0.15) is 0 Å². The number of rotatable bonds is 4. The van der Waals surface area contributed by atoms with Crippen LogP contribution >= 0.6 is 22.6 Å². The predicted octanol–water partition coefficient (Wildman–Crippen LogP) is 3.56. The molecule has 4 bridgehead atoms. The zero-order valence-electron chi connectivity index (χ0n) is 13.7. The molecule has 5 heteroatoms. The molecule has 2 amide bonds. The molecule has 24 heavy (non-hydrogen) atoms. The molecule has 0 saturated heterocycles. The van der Waals surface area contributed by atoms with Crippen molar-refractivity contribution in [1.29, 1.82) is 0 Å². The van der Waals surface area contributed by atoms with Crippen LogP contribution in [0.15, 0.2) is 24.3 Å². The first-order chi connectivity index (χ1) is 11.5. The first-order valence-corrected chi connectivity index (χ1v) is 9.94. The Bertz CT molecular complexity index is 621. The van der Waals surface area contributed by atoms with Crippen LogP contribution in [0.1, 0.15) is 38.5 Å². The van der Waals surface area contributed by atoms with Gasteiger partial charge in [-0.15, -0.1) is 0 Å². The number of nitrogens with one attached hydrogen (secondary N) is 2. The van der Waals surface area contributed by atoms with Crippen molar-refractivity contribution in [2.24, 2.45) is 23.2 Å². The predicted molar refractivity (Wildman–Crippen MR) is 101 cm³/mol. The summed E-state index contributed by atoms with van der Waals surface area (Å²) in [5.74, 6) is 2.17. The molecular formula is C19H23IN2O2. The molecule has 1 aromatic rings. The quantitative estimate of drug-likeness (QED) is 0.707. The molecule has 4 aliphatic carbocycles. The molecule has 0 radical (unpaired) electrons. The summed E-state index contributed by atoms with van der Waals surface area (Å²) in [7, 11) is 0. The van der Waals surface area contributed by atoms with E-state index in [0.29, 0.717) is 0 Å². The molecule has 4 fully saturated rings. The van der Waals surface area contributed by atoms with E-state index in [1.807, 2.05) is 24.3 Å². The van der Waals surface area contributed by atoms with E-state index in [1.54, 1.807) is 0 Å². The third-order valence-corrected chi connectivity index (χ3v) is 6.78. The molecule has 0 spiro atoms. The second-order valence-corrected chi connectivity index (χ2v) is 9.18. The van der Waals surface area contributed by atoms with Gasteiger partial charge in [0.1, 0.15) is 0 Å². The lowest BCUT2D eigenvalue weighted by molar-refractivity contribution is -0.146. The Balaban J connectivity index is 1.33. The largest absolute Gasteiger partial charge is 0.347 e. The highest BCUT2D eigenvalue weighted by Crippen LogP contribution is 2.60. The molecule has 0 aromatic heterocycles. The van der Waals surface area contributed by atoms with Gasteiger partial charge in [0.15, 0.2) is 0 Å². The van der Waals surface area contributed by atoms with E-state index in [-0.39, 0.29) is 23.8 Å². The maximum atomic E-state index is 12.8. The molecule has 4 nitrogen and oxygen atoms in total. The summed E-state index contributed by atoms with van der Waals surface area (Å²) >= 11 is 2.23. The van der Waals surface area contributed by atoms with Gasteiger partial charge in [-0.3, -0.25) is 9.59 Å². The van der Waals surface area contributed by atoms with Crippen LogP contribution in [0.2, 0.25) is 0 Å². The summed E-state index contributed by atoms with van der Waals surface area (Å²) in [6.07, 6.45) is 7.05. The highest BCUT2D eigenvalue weighted by atomic mass is 127. The third kappa shape index (κ3) is 3.19. The summed E-state index contributed by atoms with van der Waals surface area (Å²) in [6, 6.07) is 7.65. The van der Waals surface area contributed by atoms with Crippen molar-refractivity contribution in [2.45, 2.75) is 38.5 Å². The molecule has 0 unspecified atom stereocenters. The van der Waals surface area contributed by atoms with E-state index in [4.69, 9.17) is 0 Å². The SMILES string of the molecule is O=C(CNC(=O)C12CC3CC(CC(C3)C1)C2)Nc1ccc(I)cc1. The second-order valence-electron chi connectivity index (χ2n) is 7.94. The van der Waals surface area contributed by atoms with Gasteiger partial charge in [-0.25, -0.2) is 0 Å². The first-order valence-electron chi connectivity index (χ1n) is 8.86. The standard InChI is InChI=1S/C19H23IN2O2/c20-15-1-3-16(4-2-15)22-17(23)11-21-18(24)19-8-12-5-13(9-19)7-14(6-12)10-19/h1-4,12-14H,5-11H2,(H,21,24)(H,22,23). The van der Waals surface area contributed by atoms with Crippen molar-refractivity contribution in [3.63, 3.8) is 0 Å². The smallest absolute Gasteiger partial charge is 0.243 e. The monoisotopic (exact) mass is 438 g/mol. The van der Waals surface area contributed by atoms with Gasteiger partial charge >= 0.3 is 0 Å². The lowest BCUT2D eigenvalue weighted by Crippen LogP contribution is -2.54. The number of carbonyl (C=O) groups is 2. The third-order valence-electron chi connectivity index (χ3n) is 6.06. The zero-order chi connectivity index (χ0) is 16.7. The molecule has 0 heterocycles. The zero-order valence-corrected chi connectivity index (χ0v) is 15.8. The van der Waals surface area contributed by atoms with Crippen LogP contribution in [0.4, 0.5) is 5.69 Å². The molecule has 2 N–H and O–H groups in total. The van der Waals surface area contributed by atoms with Gasteiger partial charge in [0, 0.05) is 14.7 Å². The van der Waals surface area contributed by atoms with E-state index >= 15 is 0 Å². The highest BCUT2D eigenvalue weighted by Gasteiger charge is 2.54. The van der Waals surface area contributed by atoms with Crippen LogP contribution < -0.4 is 10.6 Å². The van der Waals surface area contributed by atoms with E-state index in [2.05, 4.69) is 33.2 Å². The number of benzene rings is 1. The number of halogens is 1. The van der Waals surface area contributed by atoms with Crippen LogP contribution in [0, 0.1) is 26.7 Å². The van der Waals surface area contributed by atoms with Gasteiger partial charge in [0.25, 0.3) is 0 Å². The van der Waals surface area contributed by atoms with Gasteiger partial charge < -0.3 is 10.6 Å². The first kappa shape index (κ1) is 16.4. The fourth-order valence-electron chi connectivity index (χ4n) is 5.48. The summed E-state index contributed by atoms with van der Waals surface area (Å²) in [5.41, 5.74) is 0.585. The van der Waals surface area contributed by atoms with E-state index in [9.17, 15) is 9.59 Å². The normalized spacial score (nSPS) is 33.3. The number of amides is 2. The molecular weight excluding hydrogens is 415 g/mol. The van der Waals surface area contributed by atoms with Gasteiger partial charge in [0.05, 0.1) is 6.54 Å². The second kappa shape index (κ2) is 6.32. The summed E-state index contributed by atoms with van der Waals surface area (Å²) in [5, 5.41) is 5.76. The Morgan fingerprint density at radius 1 is 1.00 bits per heavy atom. The molecule has 1 aromatic carbocycles. The van der Waals surface area contributed by atoms with Crippen molar-refractivity contribution in [2.75, 3.05) is 11.9 Å². The topological polar surface area (TPSA) is 58.2 Å². The van der Waals surface area contributed by atoms with Crippen LogP contribution in [-0.4, -0.2) is 18.4 Å². The minimum Gasteiger partial charge on any atom is -0.347 e. The average Bonchev–Trinajstić information content (AvgIpc) is 2.53. The van der Waals surface area contributed by atoms with E-state index in [0.717, 1.165) is 46.3 Å². The lowest BCUT2D eigenvalue weighted by atomic mass is 9.49. The Morgan fingerprint density at radius 2 is 1.54 bits per heavy atom. The summed E-state index contributed by atoms with van der Waals surface area (Å²) in [4.78, 5) is 24.9. The van der Waals surface area contributed by atoms with Crippen molar-refractivity contribution < 1.29 is 9.59 Å². The van der Waals surface area contributed by atoms with Crippen molar-refractivity contribution in [1.82, 2.24) is 5.32 Å². The molecule has 4 aliphatic rings. The molecule has 128 valence electrons. The number of hydrogen-bond acceptors (Lipinski definition) is 2. The number of anilines is 1. The molecule has 4 saturated carbocycles. The Hall–Kier alpha value is -1.11. The van der Waals surface area contributed by atoms with Crippen LogP contribution in [0.3, 0.4) is 0 Å². The molecule has 0 aliphatic heterocycles. The molecule has 5 rings (SSSR count). The van der Waals surface area contributed by atoms with Crippen LogP contribution in [-0.2, 0) is 9.59 Å². The maximum absolute atomic E-state index is 12.8. The van der Waals surface area contributed by atoms with Crippen molar-refractivity contribution in [3.8, 4) is 0 Å². The van der Waals surface area contributed by atoms with Crippen LogP contribution in [0.5, 0.6) is 0 Å². The van der Waals surface area contributed by atoms with Gasteiger partial charge in [-0.05, 0) is 103 Å². The van der Waals surface area contributed by atoms with Crippen molar-refractivity contribution in [3.05, 3.63) is 27.8 Å². The Labute approximate surface area is 156 Å². The Kier molecular flexibility index (Phi) is 4.31. The fourth-order valence-corrected chi connectivity index (χ4v) is 5.83. The van der Waals surface area contributed by atoms with Gasteiger partial charge in [0.2, 0.25) is 11.8 Å². The molecule has 0 atom stereocenters. The fraction of sp³-hybridized carbons (Fsp3) is 0.579. The number of hydrogen-bond donors (Lipinski definition) is 2. The maximum Gasteiger partial charge on any atom is 0.243 e. The van der Waals surface area contributed by atoms with Gasteiger partial charge in [-0.1, -0.05) is 0 Å². The van der Waals surface area contributed by atoms with E-state index < -0.39 is 0 Å². The van der Waals surface area contributed by atoms with Crippen molar-refractivity contribution >= 4 is 40.1 Å². The minimum absolute atomic E-state index is 0.0621. The number of carbonyl (C=O) groups excluding carboxylic acids is 2.